The Morgan fingerprint density at radius 1 is 1.06 bits per heavy atom. The second-order valence-electron chi connectivity index (χ2n) is 8.65. The summed E-state index contributed by atoms with van der Waals surface area (Å²) in [5, 5.41) is 0.922. The highest BCUT2D eigenvalue weighted by Crippen LogP contribution is 2.40. The molecule has 1 fully saturated rings. The van der Waals surface area contributed by atoms with Crippen molar-refractivity contribution < 1.29 is 27.1 Å². The highest BCUT2D eigenvalue weighted by molar-refractivity contribution is 7.88. The number of benzene rings is 2. The fourth-order valence-corrected chi connectivity index (χ4v) is 5.29. The van der Waals surface area contributed by atoms with Gasteiger partial charge in [0.2, 0.25) is 15.9 Å². The van der Waals surface area contributed by atoms with Gasteiger partial charge in [-0.3, -0.25) is 4.79 Å². The molecule has 35 heavy (non-hydrogen) atoms. The molecule has 0 N–H and O–H groups in total. The minimum Gasteiger partial charge on any atom is -0.497 e. The summed E-state index contributed by atoms with van der Waals surface area (Å²) in [4.78, 5) is 14.7. The second kappa shape index (κ2) is 9.75. The van der Waals surface area contributed by atoms with Crippen molar-refractivity contribution in [2.24, 2.45) is 0 Å². The molecule has 0 spiro atoms. The molecular weight excluding hydrogens is 468 g/mol. The Morgan fingerprint density at radius 2 is 1.71 bits per heavy atom. The van der Waals surface area contributed by atoms with Gasteiger partial charge in [-0.15, -0.1) is 0 Å². The highest BCUT2D eigenvalue weighted by atomic mass is 32.2. The van der Waals surface area contributed by atoms with Crippen LogP contribution in [0, 0.1) is 6.92 Å². The predicted molar refractivity (Wildman–Crippen MR) is 136 cm³/mol. The molecule has 1 aromatic heterocycles. The summed E-state index contributed by atoms with van der Waals surface area (Å²) in [6.45, 7) is 5.12. The third-order valence-electron chi connectivity index (χ3n) is 6.43. The molecule has 0 saturated carbocycles. The fraction of sp³-hybridized carbons (Fsp3) is 0.346. The molecule has 186 valence electrons. The number of methoxy groups -OCH3 is 2. The lowest BCUT2D eigenvalue weighted by molar-refractivity contribution is -0.127. The Bertz CT molecular complexity index is 1380. The number of fused-ring (bicyclic) bond motifs is 1. The van der Waals surface area contributed by atoms with Crippen LogP contribution in [0.4, 0.5) is 0 Å². The van der Waals surface area contributed by atoms with Crippen LogP contribution in [0.5, 0.6) is 11.5 Å². The zero-order valence-corrected chi connectivity index (χ0v) is 21.4. The van der Waals surface area contributed by atoms with E-state index in [1.807, 2.05) is 44.2 Å². The van der Waals surface area contributed by atoms with E-state index in [1.54, 1.807) is 31.5 Å². The van der Waals surface area contributed by atoms with E-state index in [4.69, 9.17) is 13.9 Å². The van der Waals surface area contributed by atoms with Crippen molar-refractivity contribution in [3.63, 3.8) is 0 Å². The van der Waals surface area contributed by atoms with E-state index in [9.17, 15) is 13.2 Å². The van der Waals surface area contributed by atoms with Crippen LogP contribution in [0.2, 0.25) is 0 Å². The highest BCUT2D eigenvalue weighted by Gasteiger charge is 2.26. The van der Waals surface area contributed by atoms with Crippen LogP contribution in [0.3, 0.4) is 0 Å². The van der Waals surface area contributed by atoms with Crippen molar-refractivity contribution in [1.82, 2.24) is 9.21 Å². The van der Waals surface area contributed by atoms with Crippen LogP contribution >= 0.6 is 0 Å². The SMILES string of the molecule is COc1ccc(-c2coc3c(C)c(OC)c(/C(C)=C/C(=O)N4CCN(S(C)(=O)=O)CC4)cc23)cc1. The summed E-state index contributed by atoms with van der Waals surface area (Å²) in [6, 6.07) is 9.75. The van der Waals surface area contributed by atoms with E-state index in [0.29, 0.717) is 31.9 Å². The van der Waals surface area contributed by atoms with Gasteiger partial charge in [-0.1, -0.05) is 12.1 Å². The number of allylic oxidation sites excluding steroid dienone is 1. The van der Waals surface area contributed by atoms with E-state index in [1.165, 1.54) is 10.6 Å². The van der Waals surface area contributed by atoms with Crippen LogP contribution in [0.25, 0.3) is 27.7 Å². The zero-order chi connectivity index (χ0) is 25.3. The van der Waals surface area contributed by atoms with Crippen molar-refractivity contribution in [3.8, 4) is 22.6 Å². The number of aryl methyl sites for hydroxylation is 1. The number of carbonyl (C=O) groups excluding carboxylic acids is 1. The third-order valence-corrected chi connectivity index (χ3v) is 7.74. The van der Waals surface area contributed by atoms with Gasteiger partial charge in [0, 0.05) is 54.3 Å². The minimum atomic E-state index is -3.25. The van der Waals surface area contributed by atoms with Gasteiger partial charge in [-0.25, -0.2) is 8.42 Å². The second-order valence-corrected chi connectivity index (χ2v) is 10.6. The van der Waals surface area contributed by atoms with E-state index in [0.717, 1.165) is 44.5 Å². The molecule has 8 nitrogen and oxygen atoms in total. The first kappa shape index (κ1) is 24.8. The summed E-state index contributed by atoms with van der Waals surface area (Å²) in [6.07, 6.45) is 4.51. The standard InChI is InChI=1S/C26H30N2O6S/c1-17(14-24(29)27-10-12-28(13-11-27)35(5,30)31)21-15-22-23(19-6-8-20(32-3)9-7-19)16-34-26(22)18(2)25(21)33-4/h6-9,14-16H,10-13H2,1-5H3/b17-14+. The van der Waals surface area contributed by atoms with Gasteiger partial charge in [-0.05, 0) is 43.2 Å². The van der Waals surface area contributed by atoms with Crippen LogP contribution in [-0.4, -0.2) is 70.2 Å². The molecule has 0 radical (unpaired) electrons. The maximum atomic E-state index is 13.0. The topological polar surface area (TPSA) is 89.3 Å². The number of nitrogens with zero attached hydrogens (tertiary/aromatic N) is 2. The monoisotopic (exact) mass is 498 g/mol. The summed E-state index contributed by atoms with van der Waals surface area (Å²) in [5.41, 5.74) is 5.06. The van der Waals surface area contributed by atoms with Crippen LogP contribution in [0.15, 0.2) is 47.1 Å². The Kier molecular flexibility index (Phi) is 6.91. The van der Waals surface area contributed by atoms with Gasteiger partial charge < -0.3 is 18.8 Å². The normalized spacial score (nSPS) is 15.5. The van der Waals surface area contributed by atoms with Gasteiger partial charge in [0.05, 0.1) is 26.7 Å². The third kappa shape index (κ3) is 4.92. The maximum absolute atomic E-state index is 13.0. The predicted octanol–water partition coefficient (Wildman–Crippen LogP) is 3.93. The lowest BCUT2D eigenvalue weighted by atomic mass is 9.96. The molecule has 0 bridgehead atoms. The number of hydrogen-bond acceptors (Lipinski definition) is 6. The van der Waals surface area contributed by atoms with Gasteiger partial charge >= 0.3 is 0 Å². The molecule has 0 aliphatic carbocycles. The summed E-state index contributed by atoms with van der Waals surface area (Å²) in [5.74, 6) is 1.27. The molecule has 4 rings (SSSR count). The molecule has 2 aromatic carbocycles. The first-order valence-electron chi connectivity index (χ1n) is 11.3. The molecule has 2 heterocycles. The van der Waals surface area contributed by atoms with Crippen molar-refractivity contribution in [1.29, 1.82) is 0 Å². The minimum absolute atomic E-state index is 0.155. The number of sulfonamides is 1. The summed E-state index contributed by atoms with van der Waals surface area (Å²) in [7, 11) is -0.0208. The maximum Gasteiger partial charge on any atom is 0.246 e. The summed E-state index contributed by atoms with van der Waals surface area (Å²) >= 11 is 0. The number of ether oxygens (including phenoxy) is 2. The molecule has 1 saturated heterocycles. The first-order chi connectivity index (χ1) is 16.6. The Balaban J connectivity index is 1.68. The number of furan rings is 1. The van der Waals surface area contributed by atoms with Gasteiger partial charge in [0.25, 0.3) is 0 Å². The van der Waals surface area contributed by atoms with E-state index in [-0.39, 0.29) is 5.91 Å². The van der Waals surface area contributed by atoms with Gasteiger partial charge in [0.1, 0.15) is 17.1 Å². The number of rotatable bonds is 6. The van der Waals surface area contributed by atoms with Crippen molar-refractivity contribution >= 4 is 32.5 Å². The number of carbonyl (C=O) groups is 1. The number of amides is 1. The lowest BCUT2D eigenvalue weighted by Gasteiger charge is -2.32. The molecule has 0 atom stereocenters. The molecule has 9 heteroatoms. The van der Waals surface area contributed by atoms with Gasteiger partial charge in [0.15, 0.2) is 0 Å². The summed E-state index contributed by atoms with van der Waals surface area (Å²) < 4.78 is 41.8. The molecule has 1 aliphatic heterocycles. The Labute approximate surface area is 205 Å². The van der Waals surface area contributed by atoms with E-state index in [2.05, 4.69) is 0 Å². The molecule has 3 aromatic rings. The lowest BCUT2D eigenvalue weighted by Crippen LogP contribution is -2.49. The van der Waals surface area contributed by atoms with E-state index < -0.39 is 10.0 Å². The molecule has 1 aliphatic rings. The van der Waals surface area contributed by atoms with Crippen LogP contribution in [-0.2, 0) is 14.8 Å². The largest absolute Gasteiger partial charge is 0.497 e. The van der Waals surface area contributed by atoms with Crippen molar-refractivity contribution in [3.05, 3.63) is 53.8 Å². The Morgan fingerprint density at radius 3 is 2.29 bits per heavy atom. The van der Waals surface area contributed by atoms with Crippen molar-refractivity contribution in [2.75, 3.05) is 46.7 Å². The van der Waals surface area contributed by atoms with E-state index >= 15 is 0 Å². The first-order valence-corrected chi connectivity index (χ1v) is 13.1. The fourth-order valence-electron chi connectivity index (χ4n) is 4.46. The van der Waals surface area contributed by atoms with Crippen LogP contribution < -0.4 is 9.47 Å². The number of hydrogen-bond donors (Lipinski definition) is 0. The average molecular weight is 499 g/mol. The van der Waals surface area contributed by atoms with Gasteiger partial charge in [-0.2, -0.15) is 4.31 Å². The number of piperazine rings is 1. The van der Waals surface area contributed by atoms with Crippen molar-refractivity contribution in [2.45, 2.75) is 13.8 Å². The Hall–Kier alpha value is -3.30. The molecule has 0 unspecified atom stereocenters. The van der Waals surface area contributed by atoms with Crippen LogP contribution in [0.1, 0.15) is 18.1 Å². The average Bonchev–Trinajstić information content (AvgIpc) is 3.28. The molecule has 1 amide bonds. The zero-order valence-electron chi connectivity index (χ0n) is 20.6. The quantitative estimate of drug-likeness (QED) is 0.479. The smallest absolute Gasteiger partial charge is 0.246 e. The molecular formula is C26H30N2O6S.